The van der Waals surface area contributed by atoms with Crippen molar-refractivity contribution in [3.63, 3.8) is 0 Å². The molecule has 0 fully saturated rings. The fourth-order valence-electron chi connectivity index (χ4n) is 1.07. The molecule has 0 atom stereocenters. The number of esters is 1. The maximum atomic E-state index is 12.4. The van der Waals surface area contributed by atoms with E-state index in [1.54, 1.807) is 0 Å². The van der Waals surface area contributed by atoms with Crippen LogP contribution in [0.1, 0.15) is 11.6 Å². The summed E-state index contributed by atoms with van der Waals surface area (Å²) in [7, 11) is 0.827. The number of halogens is 6. The predicted molar refractivity (Wildman–Crippen MR) is 42.0 cm³/mol. The number of hydrogen-bond donors (Lipinski definition) is 0. The van der Waals surface area contributed by atoms with Crippen LogP contribution in [0, 0.1) is 0 Å². The molecule has 1 rings (SSSR count). The van der Waals surface area contributed by atoms with E-state index in [4.69, 9.17) is 0 Å². The molecular weight excluding hydrogens is 272 g/mol. The summed E-state index contributed by atoms with van der Waals surface area (Å²) in [5.41, 5.74) is 0. The van der Waals surface area contributed by atoms with Gasteiger partial charge in [0.1, 0.15) is 6.54 Å². The molecule has 0 saturated carbocycles. The zero-order valence-corrected chi connectivity index (χ0v) is 8.63. The van der Waals surface area contributed by atoms with E-state index < -0.39 is 36.5 Å². The Labute approximate surface area is 95.4 Å². The summed E-state index contributed by atoms with van der Waals surface area (Å²) in [4.78, 5) is 10.8. The van der Waals surface area contributed by atoms with Crippen molar-refractivity contribution in [1.82, 2.24) is 14.8 Å². The van der Waals surface area contributed by atoms with E-state index in [9.17, 15) is 31.1 Å². The molecule has 0 N–H and O–H groups in total. The molecule has 0 aromatic carbocycles. The molecule has 0 aliphatic rings. The highest BCUT2D eigenvalue weighted by Crippen LogP contribution is 2.33. The van der Waals surface area contributed by atoms with Gasteiger partial charge in [0, 0.05) is 0 Å². The molecule has 0 saturated heterocycles. The molecule has 102 valence electrons. The van der Waals surface area contributed by atoms with Crippen LogP contribution in [-0.2, 0) is 28.4 Å². The van der Waals surface area contributed by atoms with Gasteiger partial charge in [0.25, 0.3) is 0 Å². The first-order valence-electron chi connectivity index (χ1n) is 4.21. The van der Waals surface area contributed by atoms with E-state index >= 15 is 0 Å². The third-order valence-corrected chi connectivity index (χ3v) is 1.77. The quantitative estimate of drug-likeness (QED) is 0.607. The van der Waals surface area contributed by atoms with Crippen LogP contribution in [0.3, 0.4) is 0 Å². The number of ether oxygens (including phenoxy) is 1. The van der Waals surface area contributed by atoms with Crippen molar-refractivity contribution in [2.75, 3.05) is 7.11 Å². The molecular formula is C7H5F6N3O2. The van der Waals surface area contributed by atoms with E-state index in [2.05, 4.69) is 14.9 Å². The van der Waals surface area contributed by atoms with E-state index in [1.165, 1.54) is 0 Å². The molecule has 11 heteroatoms. The Morgan fingerprint density at radius 1 is 1.11 bits per heavy atom. The number of methoxy groups -OCH3 is 1. The summed E-state index contributed by atoms with van der Waals surface area (Å²) in [6, 6.07) is 0. The molecule has 0 amide bonds. The summed E-state index contributed by atoms with van der Waals surface area (Å²) in [6.07, 6.45) is -10.3. The number of alkyl halides is 6. The van der Waals surface area contributed by atoms with Crippen molar-refractivity contribution >= 4 is 5.97 Å². The highest BCUT2D eigenvalue weighted by atomic mass is 19.4. The lowest BCUT2D eigenvalue weighted by molar-refractivity contribution is -0.158. The lowest BCUT2D eigenvalue weighted by Crippen LogP contribution is -2.24. The Kier molecular flexibility index (Phi) is 3.53. The second-order valence-electron chi connectivity index (χ2n) is 3.01. The maximum Gasteiger partial charge on any atom is 0.451 e. The van der Waals surface area contributed by atoms with Crippen LogP contribution in [0.15, 0.2) is 0 Å². The first-order valence-corrected chi connectivity index (χ1v) is 4.21. The SMILES string of the molecule is COC(=O)Cn1c(C(F)(F)F)nnc1C(F)(F)F. The average Bonchev–Trinajstić information content (AvgIpc) is 2.59. The maximum absolute atomic E-state index is 12.4. The fourth-order valence-corrected chi connectivity index (χ4v) is 1.07. The normalized spacial score (nSPS) is 12.6. The molecule has 0 radical (unpaired) electrons. The topological polar surface area (TPSA) is 57.0 Å². The van der Waals surface area contributed by atoms with Crippen LogP contribution >= 0.6 is 0 Å². The first kappa shape index (κ1) is 14.3. The minimum atomic E-state index is -5.16. The van der Waals surface area contributed by atoms with Gasteiger partial charge in [-0.15, -0.1) is 10.2 Å². The number of nitrogens with zero attached hydrogens (tertiary/aromatic N) is 3. The zero-order valence-electron chi connectivity index (χ0n) is 8.63. The Bertz CT molecular complexity index is 418. The van der Waals surface area contributed by atoms with Gasteiger partial charge in [0.15, 0.2) is 0 Å². The predicted octanol–water partition coefficient (Wildman–Crippen LogP) is 1.49. The van der Waals surface area contributed by atoms with Crippen LogP contribution in [0.25, 0.3) is 0 Å². The minimum Gasteiger partial charge on any atom is -0.468 e. The van der Waals surface area contributed by atoms with Gasteiger partial charge >= 0.3 is 18.3 Å². The van der Waals surface area contributed by atoms with Gasteiger partial charge < -0.3 is 4.74 Å². The highest BCUT2D eigenvalue weighted by Gasteiger charge is 2.45. The second-order valence-corrected chi connectivity index (χ2v) is 3.01. The van der Waals surface area contributed by atoms with Gasteiger partial charge in [-0.05, 0) is 0 Å². The number of carbonyl (C=O) groups is 1. The van der Waals surface area contributed by atoms with Crippen molar-refractivity contribution in [3.05, 3.63) is 11.6 Å². The van der Waals surface area contributed by atoms with E-state index in [1.807, 2.05) is 0 Å². The Hall–Kier alpha value is -1.81. The van der Waals surface area contributed by atoms with Crippen molar-refractivity contribution in [2.45, 2.75) is 18.9 Å². The zero-order chi connectivity index (χ0) is 14.1. The van der Waals surface area contributed by atoms with Gasteiger partial charge in [-0.2, -0.15) is 26.3 Å². The molecule has 0 aliphatic heterocycles. The molecule has 0 unspecified atom stereocenters. The number of carbonyl (C=O) groups excluding carboxylic acids is 1. The minimum absolute atomic E-state index is 0.383. The van der Waals surface area contributed by atoms with Gasteiger partial charge in [-0.3, -0.25) is 9.36 Å². The molecule has 0 aliphatic carbocycles. The van der Waals surface area contributed by atoms with Gasteiger partial charge in [0.05, 0.1) is 7.11 Å². The van der Waals surface area contributed by atoms with Crippen LogP contribution in [0.4, 0.5) is 26.3 Å². The molecule has 0 spiro atoms. The Balaban J connectivity index is 3.31. The van der Waals surface area contributed by atoms with E-state index in [0.717, 1.165) is 7.11 Å². The van der Waals surface area contributed by atoms with E-state index in [-0.39, 0.29) is 4.57 Å². The van der Waals surface area contributed by atoms with E-state index in [0.29, 0.717) is 0 Å². The molecule has 1 aromatic heterocycles. The van der Waals surface area contributed by atoms with Gasteiger partial charge in [-0.25, -0.2) is 0 Å². The number of hydrogen-bond acceptors (Lipinski definition) is 4. The summed E-state index contributed by atoms with van der Waals surface area (Å²) >= 11 is 0. The van der Waals surface area contributed by atoms with Gasteiger partial charge in [0.2, 0.25) is 11.6 Å². The Morgan fingerprint density at radius 2 is 1.50 bits per heavy atom. The third kappa shape index (κ3) is 2.90. The fraction of sp³-hybridized carbons (Fsp3) is 0.571. The summed E-state index contributed by atoms with van der Waals surface area (Å²) in [5, 5.41) is 4.80. The van der Waals surface area contributed by atoms with Crippen molar-refractivity contribution < 1.29 is 35.9 Å². The standard InChI is InChI=1S/C7H5F6N3O2/c1-18-3(17)2-16-4(6(8,9)10)14-15-5(16)7(11,12)13/h2H2,1H3. The van der Waals surface area contributed by atoms with Crippen LogP contribution in [-0.4, -0.2) is 27.8 Å². The monoisotopic (exact) mass is 277 g/mol. The molecule has 18 heavy (non-hydrogen) atoms. The van der Waals surface area contributed by atoms with Gasteiger partial charge in [-0.1, -0.05) is 0 Å². The van der Waals surface area contributed by atoms with Crippen LogP contribution in [0.5, 0.6) is 0 Å². The molecule has 5 nitrogen and oxygen atoms in total. The van der Waals surface area contributed by atoms with Crippen molar-refractivity contribution in [2.24, 2.45) is 0 Å². The number of rotatable bonds is 2. The summed E-state index contributed by atoms with van der Waals surface area (Å²) in [5.74, 6) is -5.12. The lowest BCUT2D eigenvalue weighted by atomic mass is 10.4. The Morgan fingerprint density at radius 3 is 1.78 bits per heavy atom. The van der Waals surface area contributed by atoms with Crippen LogP contribution < -0.4 is 0 Å². The van der Waals surface area contributed by atoms with Crippen LogP contribution in [0.2, 0.25) is 0 Å². The lowest BCUT2D eigenvalue weighted by Gasteiger charge is -2.12. The van der Waals surface area contributed by atoms with Crippen molar-refractivity contribution in [1.29, 1.82) is 0 Å². The molecule has 0 bridgehead atoms. The summed E-state index contributed by atoms with van der Waals surface area (Å²) in [6.45, 7) is -1.28. The second kappa shape index (κ2) is 4.46. The molecule has 1 heterocycles. The average molecular weight is 277 g/mol. The van der Waals surface area contributed by atoms with Crippen molar-refractivity contribution in [3.8, 4) is 0 Å². The molecule has 1 aromatic rings. The summed E-state index contributed by atoms with van der Waals surface area (Å²) < 4.78 is 77.8. The number of aromatic nitrogens is 3. The first-order chi connectivity index (χ1) is 8.07. The smallest absolute Gasteiger partial charge is 0.451 e. The highest BCUT2D eigenvalue weighted by molar-refractivity contribution is 5.69. The largest absolute Gasteiger partial charge is 0.468 e. The third-order valence-electron chi connectivity index (χ3n) is 1.77.